The first-order chi connectivity index (χ1) is 9.02. The molecule has 1 aromatic rings. The van der Waals surface area contributed by atoms with E-state index in [4.69, 9.17) is 5.73 Å². The Morgan fingerprint density at radius 1 is 1.21 bits per heavy atom. The van der Waals surface area contributed by atoms with Crippen molar-refractivity contribution in [3.63, 3.8) is 0 Å². The number of nitrogens with two attached hydrogens (primary N) is 1. The predicted octanol–water partition coefficient (Wildman–Crippen LogP) is 1.49. The third-order valence-corrected chi connectivity index (χ3v) is 3.67. The van der Waals surface area contributed by atoms with Crippen LogP contribution in [0.3, 0.4) is 0 Å². The largest absolute Gasteiger partial charge is 0.329 e. The van der Waals surface area contributed by atoms with Crippen LogP contribution in [-0.4, -0.2) is 29.8 Å². The van der Waals surface area contributed by atoms with Gasteiger partial charge in [0.05, 0.1) is 0 Å². The second-order valence-corrected chi connectivity index (χ2v) is 5.19. The second kappa shape index (κ2) is 5.53. The molecule has 4 nitrogen and oxygen atoms in total. The summed E-state index contributed by atoms with van der Waals surface area (Å²) in [6.45, 7) is 4.70. The zero-order valence-electron chi connectivity index (χ0n) is 11.5. The molecule has 0 spiro atoms. The number of benzene rings is 1. The minimum Gasteiger partial charge on any atom is -0.329 e. The molecule has 4 heteroatoms. The average molecular weight is 260 g/mol. The summed E-state index contributed by atoms with van der Waals surface area (Å²) in [6.07, 6.45) is 0.798. The van der Waals surface area contributed by atoms with Gasteiger partial charge >= 0.3 is 0 Å². The van der Waals surface area contributed by atoms with Crippen LogP contribution < -0.4 is 5.73 Å². The van der Waals surface area contributed by atoms with E-state index in [0.717, 1.165) is 16.7 Å². The fourth-order valence-electron chi connectivity index (χ4n) is 2.65. The molecule has 2 amide bonds. The molecule has 1 aromatic carbocycles. The normalized spacial score (nSPS) is 17.1. The molecule has 102 valence electrons. The summed E-state index contributed by atoms with van der Waals surface area (Å²) in [7, 11) is 0. The lowest BCUT2D eigenvalue weighted by atomic mass is 9.85. The van der Waals surface area contributed by atoms with Gasteiger partial charge < -0.3 is 5.73 Å². The summed E-state index contributed by atoms with van der Waals surface area (Å²) < 4.78 is 0. The highest BCUT2D eigenvalue weighted by atomic mass is 16.2. The number of aryl methyl sites for hydroxylation is 2. The van der Waals surface area contributed by atoms with Gasteiger partial charge in [-0.3, -0.25) is 14.5 Å². The molecule has 1 aliphatic heterocycles. The van der Waals surface area contributed by atoms with E-state index in [1.54, 1.807) is 0 Å². The minimum absolute atomic E-state index is 0.00826. The molecule has 19 heavy (non-hydrogen) atoms. The Morgan fingerprint density at radius 3 is 2.42 bits per heavy atom. The number of carbonyl (C=O) groups excluding carboxylic acids is 2. The van der Waals surface area contributed by atoms with Gasteiger partial charge in [-0.05, 0) is 25.0 Å². The van der Waals surface area contributed by atoms with Crippen molar-refractivity contribution in [3.05, 3.63) is 34.9 Å². The number of hydrogen-bond donors (Lipinski definition) is 1. The van der Waals surface area contributed by atoms with Crippen LogP contribution in [0, 0.1) is 13.8 Å². The van der Waals surface area contributed by atoms with E-state index in [9.17, 15) is 9.59 Å². The van der Waals surface area contributed by atoms with E-state index in [1.165, 1.54) is 4.90 Å². The van der Waals surface area contributed by atoms with Gasteiger partial charge in [0.25, 0.3) is 0 Å². The number of nitrogens with zero attached hydrogens (tertiary/aromatic N) is 1. The van der Waals surface area contributed by atoms with Crippen LogP contribution in [0.5, 0.6) is 0 Å². The molecule has 2 N–H and O–H groups in total. The van der Waals surface area contributed by atoms with E-state index in [2.05, 4.69) is 6.07 Å². The van der Waals surface area contributed by atoms with Crippen molar-refractivity contribution in [1.29, 1.82) is 0 Å². The highest BCUT2D eigenvalue weighted by Crippen LogP contribution is 2.31. The van der Waals surface area contributed by atoms with Crippen LogP contribution in [-0.2, 0) is 9.59 Å². The molecular weight excluding hydrogens is 240 g/mol. The fourth-order valence-corrected chi connectivity index (χ4v) is 2.65. The third kappa shape index (κ3) is 2.84. The molecule has 0 saturated carbocycles. The van der Waals surface area contributed by atoms with Crippen LogP contribution in [0.25, 0.3) is 0 Å². The lowest BCUT2D eigenvalue weighted by Gasteiger charge is -2.30. The fraction of sp³-hybridized carbons (Fsp3) is 0.467. The molecule has 2 rings (SSSR count). The number of carbonyl (C=O) groups is 2. The maximum atomic E-state index is 12.0. The molecule has 1 saturated heterocycles. The Kier molecular flexibility index (Phi) is 4.00. The molecule has 0 unspecified atom stereocenters. The van der Waals surface area contributed by atoms with Crippen molar-refractivity contribution in [3.8, 4) is 0 Å². The third-order valence-electron chi connectivity index (χ3n) is 3.67. The Balaban J connectivity index is 2.22. The van der Waals surface area contributed by atoms with Crippen LogP contribution in [0.1, 0.15) is 35.4 Å². The Morgan fingerprint density at radius 2 is 1.84 bits per heavy atom. The molecule has 0 aliphatic carbocycles. The summed E-state index contributed by atoms with van der Waals surface area (Å²) in [5.74, 6) is -0.200. The molecule has 1 heterocycles. The van der Waals surface area contributed by atoms with Gasteiger partial charge in [0.1, 0.15) is 0 Å². The number of imide groups is 1. The molecule has 1 fully saturated rings. The van der Waals surface area contributed by atoms with Crippen LogP contribution in [0.4, 0.5) is 0 Å². The number of amides is 2. The lowest BCUT2D eigenvalue weighted by Crippen LogP contribution is -2.45. The monoisotopic (exact) mass is 260 g/mol. The number of rotatable bonds is 3. The predicted molar refractivity (Wildman–Crippen MR) is 73.7 cm³/mol. The van der Waals surface area contributed by atoms with E-state index in [-0.39, 0.29) is 17.7 Å². The quantitative estimate of drug-likeness (QED) is 0.838. The van der Waals surface area contributed by atoms with E-state index < -0.39 is 0 Å². The van der Waals surface area contributed by atoms with Crippen molar-refractivity contribution < 1.29 is 9.59 Å². The molecule has 1 aliphatic rings. The van der Waals surface area contributed by atoms with E-state index >= 15 is 0 Å². The van der Waals surface area contributed by atoms with Gasteiger partial charge in [-0.15, -0.1) is 0 Å². The SMILES string of the molecule is Cc1ccc(C)c(C2CC(=O)N(CCN)C(=O)C2)c1. The molecule has 0 bridgehead atoms. The Bertz CT molecular complexity index is 493. The highest BCUT2D eigenvalue weighted by Gasteiger charge is 2.33. The van der Waals surface area contributed by atoms with Crippen molar-refractivity contribution in [2.24, 2.45) is 5.73 Å². The first-order valence-corrected chi connectivity index (χ1v) is 6.63. The Hall–Kier alpha value is -1.68. The van der Waals surface area contributed by atoms with E-state index in [0.29, 0.717) is 25.9 Å². The first kappa shape index (κ1) is 13.7. The summed E-state index contributed by atoms with van der Waals surface area (Å²) in [5, 5.41) is 0. The molecule has 0 radical (unpaired) electrons. The van der Waals surface area contributed by atoms with Gasteiger partial charge in [0.15, 0.2) is 0 Å². The topological polar surface area (TPSA) is 63.4 Å². The zero-order valence-corrected chi connectivity index (χ0v) is 11.5. The standard InChI is InChI=1S/C15H20N2O2/c1-10-3-4-11(2)13(7-10)12-8-14(18)17(6-5-16)15(19)9-12/h3-4,7,12H,5-6,8-9,16H2,1-2H3. The van der Waals surface area contributed by atoms with E-state index in [1.807, 2.05) is 26.0 Å². The molecular formula is C15H20N2O2. The lowest BCUT2D eigenvalue weighted by molar-refractivity contribution is -0.148. The highest BCUT2D eigenvalue weighted by molar-refractivity contribution is 5.98. The second-order valence-electron chi connectivity index (χ2n) is 5.19. The van der Waals surface area contributed by atoms with Gasteiger partial charge in [-0.2, -0.15) is 0 Å². The van der Waals surface area contributed by atoms with Crippen LogP contribution in [0.15, 0.2) is 18.2 Å². The zero-order chi connectivity index (χ0) is 14.0. The van der Waals surface area contributed by atoms with Crippen molar-refractivity contribution in [2.45, 2.75) is 32.6 Å². The summed E-state index contributed by atoms with van der Waals surface area (Å²) in [4.78, 5) is 25.3. The van der Waals surface area contributed by atoms with Crippen molar-refractivity contribution in [2.75, 3.05) is 13.1 Å². The Labute approximate surface area is 113 Å². The van der Waals surface area contributed by atoms with Crippen molar-refractivity contribution in [1.82, 2.24) is 4.90 Å². The van der Waals surface area contributed by atoms with Gasteiger partial charge in [0.2, 0.25) is 11.8 Å². The molecule has 0 aromatic heterocycles. The van der Waals surface area contributed by atoms with Crippen molar-refractivity contribution >= 4 is 11.8 Å². The summed E-state index contributed by atoms with van der Waals surface area (Å²) in [6, 6.07) is 6.18. The van der Waals surface area contributed by atoms with Gasteiger partial charge in [-0.25, -0.2) is 0 Å². The summed E-state index contributed by atoms with van der Waals surface area (Å²) in [5.41, 5.74) is 8.85. The average Bonchev–Trinajstić information content (AvgIpc) is 2.36. The van der Waals surface area contributed by atoms with Gasteiger partial charge in [0, 0.05) is 31.8 Å². The smallest absolute Gasteiger partial charge is 0.229 e. The minimum atomic E-state index is -0.104. The molecule has 0 atom stereocenters. The maximum absolute atomic E-state index is 12.0. The number of piperidine rings is 1. The van der Waals surface area contributed by atoms with Crippen LogP contribution in [0.2, 0.25) is 0 Å². The number of likely N-dealkylation sites (tertiary alicyclic amines) is 1. The first-order valence-electron chi connectivity index (χ1n) is 6.63. The maximum Gasteiger partial charge on any atom is 0.229 e. The summed E-state index contributed by atoms with van der Waals surface area (Å²) >= 11 is 0. The number of hydrogen-bond acceptors (Lipinski definition) is 3. The van der Waals surface area contributed by atoms with Gasteiger partial charge in [-0.1, -0.05) is 23.8 Å². The van der Waals surface area contributed by atoms with Crippen LogP contribution >= 0.6 is 0 Å².